The van der Waals surface area contributed by atoms with E-state index in [1.807, 2.05) is 0 Å². The minimum atomic E-state index is -3.49. The zero-order valence-electron chi connectivity index (χ0n) is 15.1. The lowest BCUT2D eigenvalue weighted by Crippen LogP contribution is -2.05. The fourth-order valence-electron chi connectivity index (χ4n) is 2.84. The van der Waals surface area contributed by atoms with Crippen LogP contribution in [0.4, 0.5) is 14.5 Å². The summed E-state index contributed by atoms with van der Waals surface area (Å²) in [6, 6.07) is 8.00. The van der Waals surface area contributed by atoms with Crippen LogP contribution in [-0.2, 0) is 16.3 Å². The van der Waals surface area contributed by atoms with Crippen molar-refractivity contribution in [3.05, 3.63) is 75.9 Å². The number of hydrogen-bond acceptors (Lipinski definition) is 4. The molecule has 0 atom stereocenters. The van der Waals surface area contributed by atoms with Gasteiger partial charge in [0.1, 0.15) is 11.6 Å². The van der Waals surface area contributed by atoms with Gasteiger partial charge in [0, 0.05) is 29.5 Å². The van der Waals surface area contributed by atoms with Gasteiger partial charge in [0.25, 0.3) is 0 Å². The Labute approximate surface area is 166 Å². The Balaban J connectivity index is 1.98. The first kappa shape index (κ1) is 20.2. The predicted octanol–water partition coefficient (Wildman–Crippen LogP) is 4.57. The van der Waals surface area contributed by atoms with Crippen LogP contribution in [0.15, 0.2) is 47.5 Å². The third-order valence-corrected chi connectivity index (χ3v) is 5.86. The summed E-state index contributed by atoms with van der Waals surface area (Å²) in [4.78, 5) is 4.17. The van der Waals surface area contributed by atoms with Gasteiger partial charge in [-0.25, -0.2) is 17.2 Å². The topological polar surface area (TPSA) is 73.0 Å². The van der Waals surface area contributed by atoms with Crippen LogP contribution >= 0.6 is 11.6 Å². The second kappa shape index (κ2) is 7.48. The second-order valence-electron chi connectivity index (χ2n) is 6.50. The number of anilines is 1. The molecule has 3 rings (SSSR count). The van der Waals surface area contributed by atoms with E-state index in [9.17, 15) is 17.2 Å². The van der Waals surface area contributed by atoms with Gasteiger partial charge in [-0.1, -0.05) is 17.7 Å². The standard InChI is InChI=1S/C20H17ClF2N2O2S/c1-11-13(7-12-3-5-15(9-17(12)22)28(2,26)27)10-25-20(19(11)24)16-6-4-14(21)8-18(16)23/h3-6,8-10H,7,24H2,1-2H3. The number of sulfone groups is 1. The molecule has 0 unspecified atom stereocenters. The maximum absolute atomic E-state index is 14.4. The molecule has 1 aromatic heterocycles. The molecule has 0 aliphatic rings. The van der Waals surface area contributed by atoms with E-state index < -0.39 is 21.5 Å². The van der Waals surface area contributed by atoms with Gasteiger partial charge in [-0.2, -0.15) is 0 Å². The number of benzene rings is 2. The van der Waals surface area contributed by atoms with Crippen LogP contribution in [0.5, 0.6) is 0 Å². The first-order chi connectivity index (χ1) is 13.1. The van der Waals surface area contributed by atoms with Crippen molar-refractivity contribution < 1.29 is 17.2 Å². The van der Waals surface area contributed by atoms with E-state index in [4.69, 9.17) is 17.3 Å². The van der Waals surface area contributed by atoms with Gasteiger partial charge in [-0.15, -0.1) is 0 Å². The van der Waals surface area contributed by atoms with E-state index in [1.165, 1.54) is 30.5 Å². The van der Waals surface area contributed by atoms with Gasteiger partial charge in [-0.05, 0) is 53.9 Å². The normalized spacial score (nSPS) is 11.6. The molecule has 28 heavy (non-hydrogen) atoms. The number of nitrogen functional groups attached to an aromatic ring is 1. The van der Waals surface area contributed by atoms with Crippen molar-refractivity contribution in [2.75, 3.05) is 12.0 Å². The third-order valence-electron chi connectivity index (χ3n) is 4.51. The third kappa shape index (κ3) is 4.00. The molecule has 0 aliphatic heterocycles. The van der Waals surface area contributed by atoms with Gasteiger partial charge >= 0.3 is 0 Å². The minimum Gasteiger partial charge on any atom is -0.397 e. The highest BCUT2D eigenvalue weighted by Crippen LogP contribution is 2.32. The number of pyridine rings is 1. The van der Waals surface area contributed by atoms with Crippen LogP contribution in [0.25, 0.3) is 11.3 Å². The van der Waals surface area contributed by atoms with Crippen molar-refractivity contribution in [1.82, 2.24) is 4.98 Å². The highest BCUT2D eigenvalue weighted by atomic mass is 35.5. The van der Waals surface area contributed by atoms with Gasteiger partial charge in [0.15, 0.2) is 9.84 Å². The highest BCUT2D eigenvalue weighted by Gasteiger charge is 2.16. The zero-order chi connectivity index (χ0) is 20.6. The monoisotopic (exact) mass is 422 g/mol. The molecule has 0 saturated heterocycles. The summed E-state index contributed by atoms with van der Waals surface area (Å²) in [5.41, 5.74) is 8.55. The predicted molar refractivity (Wildman–Crippen MR) is 106 cm³/mol. The van der Waals surface area contributed by atoms with Crippen LogP contribution in [0, 0.1) is 18.6 Å². The van der Waals surface area contributed by atoms with Crippen molar-refractivity contribution in [2.24, 2.45) is 0 Å². The zero-order valence-corrected chi connectivity index (χ0v) is 16.7. The Hall–Kier alpha value is -2.51. The van der Waals surface area contributed by atoms with Crippen molar-refractivity contribution in [3.63, 3.8) is 0 Å². The molecule has 0 aliphatic carbocycles. The van der Waals surface area contributed by atoms with Crippen LogP contribution in [0.1, 0.15) is 16.7 Å². The van der Waals surface area contributed by atoms with E-state index >= 15 is 0 Å². The number of hydrogen-bond donors (Lipinski definition) is 1. The number of rotatable bonds is 4. The molecule has 0 amide bonds. The van der Waals surface area contributed by atoms with Gasteiger partial charge < -0.3 is 5.73 Å². The Morgan fingerprint density at radius 2 is 1.79 bits per heavy atom. The van der Waals surface area contributed by atoms with E-state index in [2.05, 4.69) is 4.98 Å². The fourth-order valence-corrected chi connectivity index (χ4v) is 3.63. The number of nitrogens with zero attached hydrogens (tertiary/aromatic N) is 1. The lowest BCUT2D eigenvalue weighted by molar-refractivity contribution is 0.592. The molecule has 0 fully saturated rings. The Bertz CT molecular complexity index is 1180. The summed E-state index contributed by atoms with van der Waals surface area (Å²) < 4.78 is 51.6. The lowest BCUT2D eigenvalue weighted by Gasteiger charge is -2.14. The van der Waals surface area contributed by atoms with E-state index in [0.29, 0.717) is 16.7 Å². The lowest BCUT2D eigenvalue weighted by atomic mass is 9.98. The molecule has 0 bridgehead atoms. The molecule has 0 spiro atoms. The molecule has 3 aromatic rings. The van der Waals surface area contributed by atoms with E-state index in [-0.39, 0.29) is 33.3 Å². The number of nitrogens with two attached hydrogens (primary N) is 1. The average Bonchev–Trinajstić information content (AvgIpc) is 2.60. The number of aromatic nitrogens is 1. The SMILES string of the molecule is Cc1c(Cc2ccc(S(C)(=O)=O)cc2F)cnc(-c2ccc(Cl)cc2F)c1N. The summed E-state index contributed by atoms with van der Waals surface area (Å²) in [6.45, 7) is 1.74. The molecule has 2 aromatic carbocycles. The van der Waals surface area contributed by atoms with Crippen LogP contribution in [-0.4, -0.2) is 19.7 Å². The minimum absolute atomic E-state index is 0.0864. The van der Waals surface area contributed by atoms with E-state index in [1.54, 1.807) is 13.0 Å². The quantitative estimate of drug-likeness (QED) is 0.668. The van der Waals surface area contributed by atoms with Crippen molar-refractivity contribution in [2.45, 2.75) is 18.2 Å². The molecule has 4 nitrogen and oxygen atoms in total. The molecule has 146 valence electrons. The molecular formula is C20H17ClF2N2O2S. The van der Waals surface area contributed by atoms with Crippen LogP contribution < -0.4 is 5.73 Å². The van der Waals surface area contributed by atoms with Crippen LogP contribution in [0.3, 0.4) is 0 Å². The summed E-state index contributed by atoms with van der Waals surface area (Å²) in [7, 11) is -3.49. The van der Waals surface area contributed by atoms with Gasteiger partial charge in [0.2, 0.25) is 0 Å². The summed E-state index contributed by atoms with van der Waals surface area (Å²) in [6.07, 6.45) is 2.70. The van der Waals surface area contributed by atoms with Crippen molar-refractivity contribution in [3.8, 4) is 11.3 Å². The largest absolute Gasteiger partial charge is 0.397 e. The van der Waals surface area contributed by atoms with Crippen molar-refractivity contribution in [1.29, 1.82) is 0 Å². The summed E-state index contributed by atoms with van der Waals surface area (Å²) in [5.74, 6) is -1.17. The molecule has 2 N–H and O–H groups in total. The van der Waals surface area contributed by atoms with Gasteiger partial charge in [-0.3, -0.25) is 4.98 Å². The smallest absolute Gasteiger partial charge is 0.175 e. The Morgan fingerprint density at radius 1 is 1.07 bits per heavy atom. The number of halogens is 3. The summed E-state index contributed by atoms with van der Waals surface area (Å²) >= 11 is 5.78. The maximum Gasteiger partial charge on any atom is 0.175 e. The van der Waals surface area contributed by atoms with Crippen LogP contribution in [0.2, 0.25) is 5.02 Å². The Morgan fingerprint density at radius 3 is 2.39 bits per heavy atom. The van der Waals surface area contributed by atoms with Crippen molar-refractivity contribution >= 4 is 27.1 Å². The molecule has 0 radical (unpaired) electrons. The molecule has 0 saturated carbocycles. The maximum atomic E-state index is 14.4. The average molecular weight is 423 g/mol. The second-order valence-corrected chi connectivity index (χ2v) is 8.95. The Kier molecular flexibility index (Phi) is 5.41. The molecule has 1 heterocycles. The molecular weight excluding hydrogens is 406 g/mol. The summed E-state index contributed by atoms with van der Waals surface area (Å²) in [5, 5.41) is 0.265. The first-order valence-corrected chi connectivity index (χ1v) is 10.5. The first-order valence-electron chi connectivity index (χ1n) is 8.25. The van der Waals surface area contributed by atoms with E-state index in [0.717, 1.165) is 12.3 Å². The molecule has 8 heteroatoms. The highest BCUT2D eigenvalue weighted by molar-refractivity contribution is 7.90. The van der Waals surface area contributed by atoms with Gasteiger partial charge in [0.05, 0.1) is 16.3 Å². The fraction of sp³-hybridized carbons (Fsp3) is 0.150.